The van der Waals surface area contributed by atoms with Crippen molar-refractivity contribution in [3.63, 3.8) is 0 Å². The summed E-state index contributed by atoms with van der Waals surface area (Å²) in [5.74, 6) is 0. The van der Waals surface area contributed by atoms with Gasteiger partial charge in [-0.3, -0.25) is 4.79 Å². The molecule has 0 aromatic heterocycles. The second-order valence-electron chi connectivity index (χ2n) is 2.71. The van der Waals surface area contributed by atoms with Gasteiger partial charge in [-0.15, -0.1) is 0 Å². The third-order valence-electron chi connectivity index (χ3n) is 1.50. The number of hydrazone groups is 1. The summed E-state index contributed by atoms with van der Waals surface area (Å²) >= 11 is 23.1. The predicted octanol–water partition coefficient (Wildman–Crippen LogP) is 4.11. The topological polar surface area (TPSA) is 32.7 Å². The van der Waals surface area contributed by atoms with E-state index >= 15 is 0 Å². The Hall–Kier alpha value is -0.130. The molecule has 0 heterocycles. The zero-order valence-electron chi connectivity index (χ0n) is 8.19. The van der Waals surface area contributed by atoms with Crippen molar-refractivity contribution in [2.24, 2.45) is 5.10 Å². The Labute approximate surface area is 123 Å². The van der Waals surface area contributed by atoms with Crippen molar-refractivity contribution < 1.29 is 4.79 Å². The van der Waals surface area contributed by atoms with Crippen molar-refractivity contribution in [1.29, 1.82) is 0 Å². The zero-order valence-corrected chi connectivity index (χ0v) is 12.0. The van der Waals surface area contributed by atoms with Gasteiger partial charge in [0.05, 0.1) is 6.21 Å². The van der Waals surface area contributed by atoms with Crippen molar-refractivity contribution in [1.82, 2.24) is 4.41 Å². The smallest absolute Gasteiger partial charge is 0.258 e. The Balaban J connectivity index is 2.75. The summed E-state index contributed by atoms with van der Waals surface area (Å²) in [4.78, 5) is 10.7. The Morgan fingerprint density at radius 1 is 1.29 bits per heavy atom. The Bertz CT molecular complexity index is 422. The lowest BCUT2D eigenvalue weighted by Gasteiger charge is -2.14. The second-order valence-corrected chi connectivity index (χ2v) is 7.24. The highest BCUT2D eigenvalue weighted by atomic mass is 35.6. The van der Waals surface area contributed by atoms with Gasteiger partial charge in [-0.1, -0.05) is 64.6 Å². The fraction of sp³-hybridized carbons (Fsp3) is 0.111. The number of hydrogen-bond donors (Lipinski definition) is 0. The minimum atomic E-state index is -1.65. The lowest BCUT2D eigenvalue weighted by molar-refractivity contribution is -0.113. The van der Waals surface area contributed by atoms with Crippen LogP contribution in [0.15, 0.2) is 29.4 Å². The second kappa shape index (κ2) is 6.71. The molecule has 0 saturated heterocycles. The van der Waals surface area contributed by atoms with E-state index in [9.17, 15) is 4.79 Å². The number of nitrogens with zero attached hydrogens (tertiary/aromatic N) is 2. The Kier molecular flexibility index (Phi) is 5.89. The van der Waals surface area contributed by atoms with Crippen LogP contribution in [0.25, 0.3) is 0 Å². The van der Waals surface area contributed by atoms with E-state index in [1.54, 1.807) is 24.3 Å². The monoisotopic (exact) mass is 330 g/mol. The molecular formula is C9H6Cl4N2OS. The van der Waals surface area contributed by atoms with E-state index in [1.807, 2.05) is 0 Å². The molecule has 0 bridgehead atoms. The first-order valence-corrected chi connectivity index (χ1v) is 6.50. The minimum Gasteiger partial charge on any atom is -0.276 e. The van der Waals surface area contributed by atoms with Crippen LogP contribution in [-0.4, -0.2) is 20.2 Å². The highest BCUT2D eigenvalue weighted by Crippen LogP contribution is 2.40. The maximum absolute atomic E-state index is 10.7. The van der Waals surface area contributed by atoms with Crippen molar-refractivity contribution >= 4 is 71.0 Å². The number of hydrogen-bond acceptors (Lipinski definition) is 3. The molecule has 0 aliphatic heterocycles. The lowest BCUT2D eigenvalue weighted by atomic mass is 10.2. The van der Waals surface area contributed by atoms with Crippen LogP contribution < -0.4 is 0 Å². The molecule has 0 saturated carbocycles. The zero-order chi connectivity index (χ0) is 12.9. The maximum Gasteiger partial charge on any atom is 0.258 e. The van der Waals surface area contributed by atoms with E-state index in [0.717, 1.165) is 4.41 Å². The van der Waals surface area contributed by atoms with Crippen LogP contribution in [0.4, 0.5) is 0 Å². The Morgan fingerprint density at radius 3 is 2.47 bits per heavy atom. The highest BCUT2D eigenvalue weighted by Gasteiger charge is 2.24. The molecule has 8 heteroatoms. The Morgan fingerprint density at radius 2 is 1.94 bits per heavy atom. The number of benzene rings is 1. The maximum atomic E-state index is 10.7. The summed E-state index contributed by atoms with van der Waals surface area (Å²) in [6, 6.07) is 7.03. The minimum absolute atomic E-state index is 0.430. The summed E-state index contributed by atoms with van der Waals surface area (Å²) in [5, 5.41) is 4.34. The third kappa shape index (κ3) is 5.84. The van der Waals surface area contributed by atoms with Gasteiger partial charge in [0, 0.05) is 22.5 Å². The normalized spacial score (nSPS) is 11.8. The van der Waals surface area contributed by atoms with Gasteiger partial charge in [-0.25, -0.2) is 0 Å². The van der Waals surface area contributed by atoms with Gasteiger partial charge in [0.2, 0.25) is 6.41 Å². The van der Waals surface area contributed by atoms with Crippen molar-refractivity contribution in [2.45, 2.75) is 3.12 Å². The van der Waals surface area contributed by atoms with Gasteiger partial charge in [0.15, 0.2) is 0 Å². The van der Waals surface area contributed by atoms with E-state index in [0.29, 0.717) is 28.9 Å². The molecule has 0 fully saturated rings. The van der Waals surface area contributed by atoms with Crippen molar-refractivity contribution in [2.75, 3.05) is 0 Å². The van der Waals surface area contributed by atoms with Gasteiger partial charge in [0.25, 0.3) is 3.12 Å². The largest absolute Gasteiger partial charge is 0.276 e. The van der Waals surface area contributed by atoms with Gasteiger partial charge >= 0.3 is 0 Å². The summed E-state index contributed by atoms with van der Waals surface area (Å²) in [7, 11) is 0. The molecule has 0 spiro atoms. The standard InChI is InChI=1S/C9H6Cl4N2OS/c10-8-4-2-1-3-7(8)5-14-15(6-16)17-9(11,12)13/h1-6H. The number of rotatable bonds is 4. The molecule has 0 aliphatic rings. The van der Waals surface area contributed by atoms with Gasteiger partial charge < -0.3 is 0 Å². The van der Waals surface area contributed by atoms with E-state index < -0.39 is 3.12 Å². The van der Waals surface area contributed by atoms with Crippen LogP contribution in [0.5, 0.6) is 0 Å². The molecule has 0 N–H and O–H groups in total. The van der Waals surface area contributed by atoms with Gasteiger partial charge in [-0.05, 0) is 6.07 Å². The molecular weight excluding hydrogens is 326 g/mol. The van der Waals surface area contributed by atoms with Crippen LogP contribution in [0.1, 0.15) is 5.56 Å². The molecule has 92 valence electrons. The predicted molar refractivity (Wildman–Crippen MR) is 74.8 cm³/mol. The fourth-order valence-corrected chi connectivity index (χ4v) is 2.05. The number of carbonyl (C=O) groups is 1. The van der Waals surface area contributed by atoms with E-state index in [2.05, 4.69) is 5.10 Å². The molecule has 0 unspecified atom stereocenters. The van der Waals surface area contributed by atoms with Crippen molar-refractivity contribution in [3.05, 3.63) is 34.9 Å². The molecule has 3 nitrogen and oxygen atoms in total. The summed E-state index contributed by atoms with van der Waals surface area (Å²) in [6.07, 6.45) is 1.83. The van der Waals surface area contributed by atoms with Crippen LogP contribution in [-0.2, 0) is 4.79 Å². The SMILES string of the molecule is O=CN(N=Cc1ccccc1Cl)SC(Cl)(Cl)Cl. The van der Waals surface area contributed by atoms with E-state index in [-0.39, 0.29) is 0 Å². The van der Waals surface area contributed by atoms with E-state index in [4.69, 9.17) is 46.4 Å². The molecule has 0 aliphatic carbocycles. The summed E-state index contributed by atoms with van der Waals surface area (Å²) in [5.41, 5.74) is 0.658. The first kappa shape index (κ1) is 14.9. The van der Waals surface area contributed by atoms with Crippen LogP contribution in [0.3, 0.4) is 0 Å². The number of halogens is 4. The molecule has 1 aromatic carbocycles. The highest BCUT2D eigenvalue weighted by molar-refractivity contribution is 8.02. The van der Waals surface area contributed by atoms with Crippen LogP contribution in [0.2, 0.25) is 5.02 Å². The molecule has 1 rings (SSSR count). The van der Waals surface area contributed by atoms with Crippen molar-refractivity contribution in [3.8, 4) is 0 Å². The molecule has 1 amide bonds. The van der Waals surface area contributed by atoms with Crippen LogP contribution >= 0.6 is 58.4 Å². The molecule has 17 heavy (non-hydrogen) atoms. The summed E-state index contributed by atoms with van der Waals surface area (Å²) < 4.78 is -0.755. The molecule has 1 aromatic rings. The van der Waals surface area contributed by atoms with Gasteiger partial charge in [-0.2, -0.15) is 9.52 Å². The number of carbonyl (C=O) groups excluding carboxylic acids is 1. The molecule has 0 atom stereocenters. The number of amides is 1. The average molecular weight is 332 g/mol. The first-order valence-electron chi connectivity index (χ1n) is 4.21. The summed E-state index contributed by atoms with van der Waals surface area (Å²) in [6.45, 7) is 0. The van der Waals surface area contributed by atoms with Gasteiger partial charge in [0.1, 0.15) is 0 Å². The first-order chi connectivity index (χ1) is 7.92. The third-order valence-corrected chi connectivity index (χ3v) is 3.04. The molecule has 0 radical (unpaired) electrons. The average Bonchev–Trinajstić information content (AvgIpc) is 2.24. The lowest BCUT2D eigenvalue weighted by Crippen LogP contribution is -2.12. The quantitative estimate of drug-likeness (QED) is 0.273. The fourth-order valence-electron chi connectivity index (χ4n) is 0.877. The van der Waals surface area contributed by atoms with E-state index in [1.165, 1.54) is 6.21 Å². The number of alkyl halides is 3. The van der Waals surface area contributed by atoms with Crippen LogP contribution in [0, 0.1) is 0 Å².